The van der Waals surface area contributed by atoms with Crippen LogP contribution >= 0.6 is 0 Å². The zero-order valence-corrected chi connectivity index (χ0v) is 15.1. The van der Waals surface area contributed by atoms with Crippen LogP contribution in [0.3, 0.4) is 0 Å². The third-order valence-corrected chi connectivity index (χ3v) is 3.45. The van der Waals surface area contributed by atoms with Crippen LogP contribution in [0.1, 0.15) is 40.5 Å². The third kappa shape index (κ3) is 6.96. The largest absolute Gasteiger partial charge is 0.481 e. The highest BCUT2D eigenvalue weighted by Gasteiger charge is 2.50. The summed E-state index contributed by atoms with van der Waals surface area (Å²) in [5.41, 5.74) is 0. The summed E-state index contributed by atoms with van der Waals surface area (Å²) >= 11 is 0. The monoisotopic (exact) mass is 376 g/mol. The van der Waals surface area contributed by atoms with Crippen LogP contribution in [0.2, 0.25) is 0 Å². The van der Waals surface area contributed by atoms with Crippen molar-refractivity contribution in [2.75, 3.05) is 6.61 Å². The minimum Gasteiger partial charge on any atom is -0.481 e. The first-order valence-electron chi connectivity index (χ1n) is 8.12. The Morgan fingerprint density at radius 2 is 1.38 bits per heavy atom. The van der Waals surface area contributed by atoms with Crippen molar-refractivity contribution in [2.24, 2.45) is 0 Å². The third-order valence-electron chi connectivity index (χ3n) is 3.45. The Labute approximate surface area is 150 Å². The SMILES string of the molecule is CC(=O)OC1C(OC(C)=O)[C@H](OC(C)=O)C(C)O[C@@H]1OCCCC(=O)O. The van der Waals surface area contributed by atoms with E-state index in [0.29, 0.717) is 0 Å². The molecule has 3 unspecified atom stereocenters. The van der Waals surface area contributed by atoms with Gasteiger partial charge in [-0.1, -0.05) is 0 Å². The van der Waals surface area contributed by atoms with Gasteiger partial charge in [-0.25, -0.2) is 0 Å². The molecular formula is C16H24O10. The van der Waals surface area contributed by atoms with E-state index in [1.165, 1.54) is 13.8 Å². The van der Waals surface area contributed by atoms with Gasteiger partial charge in [0.05, 0.1) is 12.7 Å². The van der Waals surface area contributed by atoms with Crippen LogP contribution in [0.5, 0.6) is 0 Å². The van der Waals surface area contributed by atoms with E-state index in [9.17, 15) is 19.2 Å². The average molecular weight is 376 g/mol. The van der Waals surface area contributed by atoms with Gasteiger partial charge in [-0.3, -0.25) is 19.2 Å². The lowest BCUT2D eigenvalue weighted by Gasteiger charge is -2.43. The van der Waals surface area contributed by atoms with Crippen molar-refractivity contribution in [3.05, 3.63) is 0 Å². The first kappa shape index (κ1) is 21.8. The van der Waals surface area contributed by atoms with E-state index < -0.39 is 54.6 Å². The number of carboxylic acid groups (broad SMARTS) is 1. The molecular weight excluding hydrogens is 352 g/mol. The smallest absolute Gasteiger partial charge is 0.303 e. The molecule has 0 aromatic heterocycles. The second kappa shape index (κ2) is 10.1. The lowest BCUT2D eigenvalue weighted by atomic mass is 9.99. The maximum absolute atomic E-state index is 11.5. The van der Waals surface area contributed by atoms with Gasteiger partial charge in [0.15, 0.2) is 24.6 Å². The van der Waals surface area contributed by atoms with Gasteiger partial charge in [-0.05, 0) is 13.3 Å². The van der Waals surface area contributed by atoms with Crippen LogP contribution in [-0.2, 0) is 42.9 Å². The highest BCUT2D eigenvalue weighted by Crippen LogP contribution is 2.29. The summed E-state index contributed by atoms with van der Waals surface area (Å²) in [5.74, 6) is -2.94. The summed E-state index contributed by atoms with van der Waals surface area (Å²) in [7, 11) is 0. The molecule has 1 N–H and O–H groups in total. The van der Waals surface area contributed by atoms with Crippen molar-refractivity contribution in [1.29, 1.82) is 0 Å². The van der Waals surface area contributed by atoms with E-state index in [4.69, 9.17) is 28.8 Å². The van der Waals surface area contributed by atoms with Crippen molar-refractivity contribution in [2.45, 2.75) is 71.2 Å². The molecule has 0 spiro atoms. The highest BCUT2D eigenvalue weighted by molar-refractivity contribution is 5.68. The quantitative estimate of drug-likeness (QED) is 0.360. The number of carboxylic acids is 1. The molecule has 1 saturated heterocycles. The van der Waals surface area contributed by atoms with Crippen molar-refractivity contribution in [3.63, 3.8) is 0 Å². The highest BCUT2D eigenvalue weighted by atomic mass is 16.7. The summed E-state index contributed by atoms with van der Waals surface area (Å²) in [6.45, 7) is 5.12. The van der Waals surface area contributed by atoms with Crippen LogP contribution in [0.25, 0.3) is 0 Å². The number of hydrogen-bond acceptors (Lipinski definition) is 9. The molecule has 0 aromatic carbocycles. The molecule has 0 amide bonds. The van der Waals surface area contributed by atoms with E-state index in [1.807, 2.05) is 0 Å². The van der Waals surface area contributed by atoms with E-state index in [0.717, 1.165) is 6.92 Å². The molecule has 0 saturated carbocycles. The molecule has 148 valence electrons. The molecule has 1 rings (SSSR count). The van der Waals surface area contributed by atoms with Crippen molar-refractivity contribution in [3.8, 4) is 0 Å². The van der Waals surface area contributed by atoms with Crippen LogP contribution < -0.4 is 0 Å². The second-order valence-electron chi connectivity index (χ2n) is 5.80. The standard InChI is InChI=1S/C16H24O10/c1-8-13(24-9(2)17)14(25-10(3)18)15(26-11(4)19)16(23-8)22-7-5-6-12(20)21/h8,13-16H,5-7H2,1-4H3,(H,20,21)/t8?,13-,14?,15?,16+/m1/s1. The fourth-order valence-electron chi connectivity index (χ4n) is 2.53. The minimum absolute atomic E-state index is 0.0203. The Morgan fingerprint density at radius 3 is 1.88 bits per heavy atom. The molecule has 1 heterocycles. The molecule has 5 atom stereocenters. The van der Waals surface area contributed by atoms with Crippen molar-refractivity contribution >= 4 is 23.9 Å². The minimum atomic E-state index is -1.18. The average Bonchev–Trinajstić information content (AvgIpc) is 2.49. The van der Waals surface area contributed by atoms with Crippen molar-refractivity contribution < 1.29 is 48.0 Å². The molecule has 0 radical (unpaired) electrons. The molecule has 0 aromatic rings. The first-order chi connectivity index (χ1) is 12.1. The van der Waals surface area contributed by atoms with Crippen molar-refractivity contribution in [1.82, 2.24) is 0 Å². The molecule has 1 aliphatic heterocycles. The fraction of sp³-hybridized carbons (Fsp3) is 0.750. The number of carbonyl (C=O) groups is 4. The van der Waals surface area contributed by atoms with E-state index >= 15 is 0 Å². The Hall–Kier alpha value is -2.20. The number of ether oxygens (including phenoxy) is 5. The summed E-state index contributed by atoms with van der Waals surface area (Å²) < 4.78 is 26.7. The predicted octanol–water partition coefficient (Wildman–Crippen LogP) is 0.408. The summed E-state index contributed by atoms with van der Waals surface area (Å²) in [6, 6.07) is 0. The molecule has 1 fully saturated rings. The molecule has 10 heteroatoms. The normalized spacial score (nSPS) is 28.1. The number of esters is 3. The van der Waals surface area contributed by atoms with Gasteiger partial charge < -0.3 is 28.8 Å². The van der Waals surface area contributed by atoms with Gasteiger partial charge in [0, 0.05) is 27.2 Å². The topological polar surface area (TPSA) is 135 Å². The molecule has 0 aliphatic carbocycles. The fourth-order valence-corrected chi connectivity index (χ4v) is 2.53. The molecule has 0 bridgehead atoms. The summed E-state index contributed by atoms with van der Waals surface area (Å²) in [4.78, 5) is 44.9. The second-order valence-corrected chi connectivity index (χ2v) is 5.80. The maximum atomic E-state index is 11.5. The Kier molecular flexibility index (Phi) is 8.46. The Morgan fingerprint density at radius 1 is 0.885 bits per heavy atom. The maximum Gasteiger partial charge on any atom is 0.303 e. The summed E-state index contributed by atoms with van der Waals surface area (Å²) in [5, 5.41) is 8.66. The Balaban J connectivity index is 2.97. The lowest BCUT2D eigenvalue weighted by molar-refractivity contribution is -0.300. The van der Waals surface area contributed by atoms with Gasteiger partial charge in [0.25, 0.3) is 0 Å². The van der Waals surface area contributed by atoms with Crippen LogP contribution in [0.4, 0.5) is 0 Å². The molecule has 10 nitrogen and oxygen atoms in total. The zero-order valence-electron chi connectivity index (χ0n) is 15.1. The zero-order chi connectivity index (χ0) is 19.9. The van der Waals surface area contributed by atoms with Gasteiger partial charge in [0.1, 0.15) is 0 Å². The van der Waals surface area contributed by atoms with Crippen LogP contribution in [0.15, 0.2) is 0 Å². The lowest BCUT2D eigenvalue weighted by Crippen LogP contribution is -2.61. The van der Waals surface area contributed by atoms with Crippen LogP contribution in [-0.4, -0.2) is 66.3 Å². The Bertz CT molecular complexity index is 531. The summed E-state index contributed by atoms with van der Waals surface area (Å²) in [6.07, 6.45) is -5.04. The van der Waals surface area contributed by atoms with E-state index in [1.54, 1.807) is 6.92 Å². The van der Waals surface area contributed by atoms with Crippen LogP contribution in [0, 0.1) is 0 Å². The molecule has 26 heavy (non-hydrogen) atoms. The number of hydrogen-bond donors (Lipinski definition) is 1. The predicted molar refractivity (Wildman–Crippen MR) is 83.8 cm³/mol. The van der Waals surface area contributed by atoms with Gasteiger partial charge in [-0.15, -0.1) is 0 Å². The number of carbonyl (C=O) groups excluding carboxylic acids is 3. The van der Waals surface area contributed by atoms with Gasteiger partial charge >= 0.3 is 23.9 Å². The van der Waals surface area contributed by atoms with E-state index in [-0.39, 0.29) is 19.4 Å². The van der Waals surface area contributed by atoms with E-state index in [2.05, 4.69) is 0 Å². The number of rotatable bonds is 8. The van der Waals surface area contributed by atoms with Gasteiger partial charge in [-0.2, -0.15) is 0 Å². The number of aliphatic carboxylic acids is 1. The van der Waals surface area contributed by atoms with Gasteiger partial charge in [0.2, 0.25) is 0 Å². The first-order valence-corrected chi connectivity index (χ1v) is 8.12. The molecule has 1 aliphatic rings.